The van der Waals surface area contributed by atoms with E-state index in [-0.39, 0.29) is 21.2 Å². The van der Waals surface area contributed by atoms with E-state index >= 15 is 0 Å². The Morgan fingerprint density at radius 3 is 2.57 bits per heavy atom. The van der Waals surface area contributed by atoms with Crippen LogP contribution in [0.25, 0.3) is 0 Å². The van der Waals surface area contributed by atoms with Crippen LogP contribution in [0.1, 0.15) is 39.0 Å². The molecule has 0 saturated heterocycles. The van der Waals surface area contributed by atoms with Crippen LogP contribution in [0.4, 0.5) is 0 Å². The first-order valence-electron chi connectivity index (χ1n) is 7.39. The van der Waals surface area contributed by atoms with Crippen LogP contribution in [0, 0.1) is 0 Å². The van der Waals surface area contributed by atoms with Crippen molar-refractivity contribution in [3.05, 3.63) is 28.2 Å². The average molecular weight is 350 g/mol. The molecule has 0 amide bonds. The quantitative estimate of drug-likeness (QED) is 0.870. The lowest BCUT2D eigenvalue weighted by molar-refractivity contribution is 0.371. The third kappa shape index (κ3) is 3.92. The molecule has 1 fully saturated rings. The van der Waals surface area contributed by atoms with Crippen LogP contribution < -0.4 is 5.32 Å². The fourth-order valence-corrected chi connectivity index (χ4v) is 5.25. The molecule has 2 atom stereocenters. The Balaban J connectivity index is 2.28. The Kier molecular flexibility index (Phi) is 5.95. The van der Waals surface area contributed by atoms with Crippen molar-refractivity contribution < 1.29 is 8.42 Å². The molecule has 0 heterocycles. The molecule has 0 radical (unpaired) electrons. The Bertz CT molecular complexity index is 589. The summed E-state index contributed by atoms with van der Waals surface area (Å²) in [5.74, 6) is 0. The van der Waals surface area contributed by atoms with Crippen molar-refractivity contribution in [2.24, 2.45) is 0 Å². The van der Waals surface area contributed by atoms with Crippen molar-refractivity contribution >= 4 is 33.0 Å². The molecule has 21 heavy (non-hydrogen) atoms. The van der Waals surface area contributed by atoms with E-state index in [2.05, 4.69) is 12.2 Å². The largest absolute Gasteiger partial charge is 0.313 e. The maximum Gasteiger partial charge on any atom is 0.182 e. The van der Waals surface area contributed by atoms with E-state index in [4.69, 9.17) is 23.2 Å². The average Bonchev–Trinajstić information content (AvgIpc) is 2.48. The zero-order chi connectivity index (χ0) is 15.5. The fraction of sp³-hybridized carbons (Fsp3) is 0.600. The maximum absolute atomic E-state index is 12.9. The Morgan fingerprint density at radius 1 is 1.19 bits per heavy atom. The first-order chi connectivity index (χ1) is 9.96. The summed E-state index contributed by atoms with van der Waals surface area (Å²) in [6, 6.07) is 4.59. The molecule has 3 nitrogen and oxygen atoms in total. The molecule has 0 aromatic heterocycles. The summed E-state index contributed by atoms with van der Waals surface area (Å²) in [6.45, 7) is 2.93. The number of benzene rings is 1. The van der Waals surface area contributed by atoms with Crippen LogP contribution in [0.5, 0.6) is 0 Å². The third-order valence-corrected chi connectivity index (χ3v) is 6.99. The van der Waals surface area contributed by atoms with E-state index in [1.54, 1.807) is 12.1 Å². The van der Waals surface area contributed by atoms with Crippen LogP contribution in [-0.2, 0) is 9.84 Å². The predicted molar refractivity (Wildman–Crippen MR) is 88.0 cm³/mol. The van der Waals surface area contributed by atoms with Crippen LogP contribution in [-0.4, -0.2) is 26.3 Å². The number of sulfone groups is 1. The topological polar surface area (TPSA) is 46.2 Å². The smallest absolute Gasteiger partial charge is 0.182 e. The van der Waals surface area contributed by atoms with Crippen LogP contribution in [0.3, 0.4) is 0 Å². The minimum atomic E-state index is -3.39. The van der Waals surface area contributed by atoms with Gasteiger partial charge in [0.15, 0.2) is 9.84 Å². The highest BCUT2D eigenvalue weighted by atomic mass is 35.5. The minimum Gasteiger partial charge on any atom is -0.313 e. The van der Waals surface area contributed by atoms with Crippen LogP contribution in [0.15, 0.2) is 23.1 Å². The standard InChI is InChI=1S/C15H21Cl2NO2S/c1-2-9-18-14-5-3-4-6-15(14)21(19,20)11-7-8-12(16)13(17)10-11/h7-8,10,14-15,18H,2-6,9H2,1H3. The van der Waals surface area contributed by atoms with Crippen molar-refractivity contribution in [1.29, 1.82) is 0 Å². The van der Waals surface area contributed by atoms with Crippen LogP contribution in [0.2, 0.25) is 10.0 Å². The third-order valence-electron chi connectivity index (χ3n) is 3.98. The van der Waals surface area contributed by atoms with Gasteiger partial charge in [-0.05, 0) is 44.0 Å². The van der Waals surface area contributed by atoms with E-state index in [1.807, 2.05) is 0 Å². The van der Waals surface area contributed by atoms with Gasteiger partial charge in [-0.3, -0.25) is 0 Å². The molecule has 118 valence electrons. The van der Waals surface area contributed by atoms with Crippen molar-refractivity contribution in [2.45, 2.75) is 55.2 Å². The van der Waals surface area contributed by atoms with Gasteiger partial charge in [0.25, 0.3) is 0 Å². The number of hydrogen-bond acceptors (Lipinski definition) is 3. The fourth-order valence-electron chi connectivity index (χ4n) is 2.86. The molecule has 1 aromatic rings. The molecular formula is C15H21Cl2NO2S. The molecule has 1 saturated carbocycles. The van der Waals surface area contributed by atoms with Crippen LogP contribution >= 0.6 is 23.2 Å². The van der Waals surface area contributed by atoms with E-state index in [0.29, 0.717) is 11.4 Å². The van der Waals surface area contributed by atoms with Gasteiger partial charge in [0, 0.05) is 6.04 Å². The minimum absolute atomic E-state index is 0.0261. The van der Waals surface area contributed by atoms with E-state index in [0.717, 1.165) is 32.2 Å². The second kappa shape index (κ2) is 7.32. The van der Waals surface area contributed by atoms with Crippen molar-refractivity contribution in [3.8, 4) is 0 Å². The first-order valence-corrected chi connectivity index (χ1v) is 9.69. The Morgan fingerprint density at radius 2 is 1.90 bits per heavy atom. The summed E-state index contributed by atoms with van der Waals surface area (Å²) in [4.78, 5) is 0.270. The number of nitrogens with one attached hydrogen (secondary N) is 1. The molecular weight excluding hydrogens is 329 g/mol. The molecule has 1 aliphatic rings. The second-order valence-corrected chi connectivity index (χ2v) is 8.49. The molecule has 0 spiro atoms. The highest BCUT2D eigenvalue weighted by molar-refractivity contribution is 7.92. The summed E-state index contributed by atoms with van der Waals surface area (Å²) in [5, 5.41) is 3.66. The van der Waals surface area contributed by atoms with Gasteiger partial charge in [0.05, 0.1) is 20.2 Å². The van der Waals surface area contributed by atoms with Crippen molar-refractivity contribution in [3.63, 3.8) is 0 Å². The van der Waals surface area contributed by atoms with Crippen molar-refractivity contribution in [1.82, 2.24) is 5.32 Å². The lowest BCUT2D eigenvalue weighted by atomic mass is 9.95. The summed E-state index contributed by atoms with van der Waals surface area (Å²) < 4.78 is 25.8. The second-order valence-electron chi connectivity index (χ2n) is 5.50. The molecule has 2 unspecified atom stereocenters. The van der Waals surface area contributed by atoms with Gasteiger partial charge in [-0.1, -0.05) is 43.0 Å². The van der Waals surface area contributed by atoms with Gasteiger partial charge in [-0.25, -0.2) is 8.42 Å². The summed E-state index contributed by atoms with van der Waals surface area (Å²) >= 11 is 11.8. The van der Waals surface area contributed by atoms with E-state index in [1.165, 1.54) is 6.07 Å². The monoisotopic (exact) mass is 349 g/mol. The first kappa shape index (κ1) is 17.1. The Labute approximate surface area is 136 Å². The Hall–Kier alpha value is -0.290. The van der Waals surface area contributed by atoms with Gasteiger partial charge >= 0.3 is 0 Å². The number of halogens is 2. The highest BCUT2D eigenvalue weighted by Gasteiger charge is 2.36. The molecule has 6 heteroatoms. The number of hydrogen-bond donors (Lipinski definition) is 1. The van der Waals surface area contributed by atoms with Gasteiger partial charge in [0.2, 0.25) is 0 Å². The number of rotatable bonds is 5. The summed E-state index contributed by atoms with van der Waals surface area (Å²) in [5.41, 5.74) is 0. The zero-order valence-electron chi connectivity index (χ0n) is 12.1. The molecule has 1 aliphatic carbocycles. The SMILES string of the molecule is CCCNC1CCCCC1S(=O)(=O)c1ccc(Cl)c(Cl)c1. The van der Waals surface area contributed by atoms with Gasteiger partial charge in [-0.15, -0.1) is 0 Å². The highest BCUT2D eigenvalue weighted by Crippen LogP contribution is 2.32. The lowest BCUT2D eigenvalue weighted by Gasteiger charge is -2.32. The van der Waals surface area contributed by atoms with Gasteiger partial charge in [0.1, 0.15) is 0 Å². The molecule has 0 aliphatic heterocycles. The zero-order valence-corrected chi connectivity index (χ0v) is 14.4. The lowest BCUT2D eigenvalue weighted by Crippen LogP contribution is -2.46. The van der Waals surface area contributed by atoms with Gasteiger partial charge < -0.3 is 5.32 Å². The molecule has 1 aromatic carbocycles. The normalized spacial score (nSPS) is 23.2. The van der Waals surface area contributed by atoms with E-state index < -0.39 is 9.84 Å². The van der Waals surface area contributed by atoms with Gasteiger partial charge in [-0.2, -0.15) is 0 Å². The van der Waals surface area contributed by atoms with Crippen molar-refractivity contribution in [2.75, 3.05) is 6.54 Å². The summed E-state index contributed by atoms with van der Waals surface area (Å²) in [7, 11) is -3.39. The molecule has 2 rings (SSSR count). The summed E-state index contributed by atoms with van der Waals surface area (Å²) in [6.07, 6.45) is 4.63. The van der Waals surface area contributed by atoms with E-state index in [9.17, 15) is 8.42 Å². The predicted octanol–water partition coefficient (Wildman–Crippen LogP) is 4.08. The molecule has 0 bridgehead atoms. The maximum atomic E-state index is 12.9. The molecule has 1 N–H and O–H groups in total.